The number of hydrogen-bond donors (Lipinski definition) is 1. The van der Waals surface area contributed by atoms with Crippen LogP contribution in [-0.2, 0) is 16.4 Å². The van der Waals surface area contributed by atoms with Gasteiger partial charge in [0.05, 0.1) is 19.4 Å². The van der Waals surface area contributed by atoms with Crippen molar-refractivity contribution in [3.05, 3.63) is 0 Å². The molecule has 0 rings (SSSR count). The minimum absolute atomic E-state index is 0.361. The monoisotopic (exact) mass is 483 g/mol. The summed E-state index contributed by atoms with van der Waals surface area (Å²) in [6.07, 6.45) is 26.9. The van der Waals surface area contributed by atoms with E-state index in [4.69, 9.17) is 0 Å². The smallest absolute Gasteiger partial charge is 0.227 e. The third kappa shape index (κ3) is 27.1. The van der Waals surface area contributed by atoms with Crippen LogP contribution in [0.5, 0.6) is 0 Å². The lowest BCUT2D eigenvalue weighted by Gasteiger charge is -2.18. The Kier molecular flexibility index (Phi) is 30.2. The SMILES string of the molecule is CCCCCCCCP(=O)(CCCCCCCC)CCCCCCCC.S=[PH+]S. The number of thiol groups is 1. The highest BCUT2D eigenvalue weighted by molar-refractivity contribution is 8.49. The van der Waals surface area contributed by atoms with Crippen LogP contribution in [0, 0.1) is 0 Å². The van der Waals surface area contributed by atoms with Crippen LogP contribution in [-0.4, -0.2) is 18.5 Å². The van der Waals surface area contributed by atoms with Crippen molar-refractivity contribution >= 4 is 37.8 Å². The second kappa shape index (κ2) is 27.1. The highest BCUT2D eigenvalue weighted by Crippen LogP contribution is 2.48. The van der Waals surface area contributed by atoms with E-state index < -0.39 is 7.14 Å². The Morgan fingerprint density at radius 2 is 0.759 bits per heavy atom. The summed E-state index contributed by atoms with van der Waals surface area (Å²) in [6.45, 7) is 7.18. The lowest BCUT2D eigenvalue weighted by atomic mass is 10.1. The van der Waals surface area contributed by atoms with Gasteiger partial charge in [0.15, 0.2) is 11.8 Å². The summed E-state index contributed by atoms with van der Waals surface area (Å²) in [5, 5.41) is 0. The first-order chi connectivity index (χ1) is 14.1. The molecule has 0 aromatic rings. The summed E-state index contributed by atoms with van der Waals surface area (Å²) in [4.78, 5) is 0. The summed E-state index contributed by atoms with van der Waals surface area (Å²) in [5.74, 6) is 0. The van der Waals surface area contributed by atoms with Crippen molar-refractivity contribution in [1.29, 1.82) is 0 Å². The van der Waals surface area contributed by atoms with Crippen molar-refractivity contribution in [2.24, 2.45) is 0 Å². The van der Waals surface area contributed by atoms with Gasteiger partial charge in [-0.3, -0.25) is 0 Å². The van der Waals surface area contributed by atoms with Gasteiger partial charge in [-0.1, -0.05) is 117 Å². The normalized spacial score (nSPS) is 11.4. The third-order valence-corrected chi connectivity index (χ3v) is 9.15. The van der Waals surface area contributed by atoms with Crippen molar-refractivity contribution in [2.75, 3.05) is 18.5 Å². The fourth-order valence-corrected chi connectivity index (χ4v) is 6.95. The van der Waals surface area contributed by atoms with Crippen LogP contribution in [0.25, 0.3) is 0 Å². The molecule has 0 aliphatic carbocycles. The second-order valence-corrected chi connectivity index (χ2v) is 14.5. The largest absolute Gasteiger partial charge is 0.324 e. The molecule has 0 saturated carbocycles. The Morgan fingerprint density at radius 3 is 1.00 bits per heavy atom. The molecular weight excluding hydrogens is 430 g/mol. The zero-order valence-corrected chi connectivity index (χ0v) is 23.7. The lowest BCUT2D eigenvalue weighted by molar-refractivity contribution is 0.555. The minimum Gasteiger partial charge on any atom is -0.324 e. The third-order valence-electron chi connectivity index (χ3n) is 5.76. The maximum absolute atomic E-state index is 13.5. The quantitative estimate of drug-likeness (QED) is 0.0993. The van der Waals surface area contributed by atoms with Crippen LogP contribution in [0.3, 0.4) is 0 Å². The molecule has 0 aliphatic heterocycles. The van der Waals surface area contributed by atoms with E-state index in [1.807, 2.05) is 0 Å². The van der Waals surface area contributed by atoms with Gasteiger partial charge >= 0.3 is 0 Å². The van der Waals surface area contributed by atoms with Gasteiger partial charge in [0.1, 0.15) is 0 Å². The van der Waals surface area contributed by atoms with Crippen LogP contribution in [0.1, 0.15) is 136 Å². The number of unbranched alkanes of at least 4 members (excludes halogenated alkanes) is 15. The van der Waals surface area contributed by atoms with Crippen molar-refractivity contribution in [3.8, 4) is 0 Å². The van der Waals surface area contributed by atoms with Crippen molar-refractivity contribution < 1.29 is 4.57 Å². The second-order valence-electron chi connectivity index (χ2n) is 8.62. The highest BCUT2D eigenvalue weighted by atomic mass is 32.9. The van der Waals surface area contributed by atoms with Crippen LogP contribution < -0.4 is 0 Å². The summed E-state index contributed by atoms with van der Waals surface area (Å²) in [6, 6.07) is 0. The van der Waals surface area contributed by atoms with Crippen LogP contribution in [0.4, 0.5) is 0 Å². The predicted molar refractivity (Wildman–Crippen MR) is 147 cm³/mol. The number of rotatable bonds is 21. The minimum atomic E-state index is -1.89. The molecule has 0 aliphatic rings. The van der Waals surface area contributed by atoms with E-state index in [2.05, 4.69) is 44.8 Å². The predicted octanol–water partition coefficient (Wildman–Crippen LogP) is 10.4. The molecular formula is C24H53OP2S2+. The van der Waals surface area contributed by atoms with Crippen molar-refractivity contribution in [1.82, 2.24) is 0 Å². The van der Waals surface area contributed by atoms with E-state index in [9.17, 15) is 4.57 Å². The van der Waals surface area contributed by atoms with E-state index in [0.29, 0.717) is 6.56 Å². The van der Waals surface area contributed by atoms with E-state index in [1.165, 1.54) is 116 Å². The first-order valence-corrected chi connectivity index (χ1v) is 18.4. The lowest BCUT2D eigenvalue weighted by Crippen LogP contribution is -2.02. The molecule has 29 heavy (non-hydrogen) atoms. The van der Waals surface area contributed by atoms with E-state index >= 15 is 0 Å². The molecule has 0 fully saturated rings. The van der Waals surface area contributed by atoms with Gasteiger partial charge in [-0.15, -0.1) is 0 Å². The molecule has 0 radical (unpaired) electrons. The molecule has 1 unspecified atom stereocenters. The Labute approximate surface area is 196 Å². The maximum atomic E-state index is 13.5. The molecule has 0 aromatic heterocycles. The molecule has 0 bridgehead atoms. The topological polar surface area (TPSA) is 17.1 Å². The molecule has 0 N–H and O–H groups in total. The standard InChI is InChI=1S/C24H51OP.HPS2/c1-4-7-10-13-16-19-22-26(25,23-20-17-14-11-8-5-2)24-21-18-15-12-9-6-3;2-1-3/h4-24H2,1-3H3;(H,2,3)/p+1. The van der Waals surface area contributed by atoms with E-state index in [-0.39, 0.29) is 0 Å². The Balaban J connectivity index is 0. The summed E-state index contributed by atoms with van der Waals surface area (Å²) in [5.41, 5.74) is 0. The maximum Gasteiger partial charge on any atom is 0.227 e. The van der Waals surface area contributed by atoms with Crippen LogP contribution in [0.2, 0.25) is 0 Å². The average Bonchev–Trinajstić information content (AvgIpc) is 2.71. The Bertz CT molecular complexity index is 317. The van der Waals surface area contributed by atoms with Crippen molar-refractivity contribution in [3.63, 3.8) is 0 Å². The van der Waals surface area contributed by atoms with Gasteiger partial charge in [0, 0.05) is 18.5 Å². The molecule has 5 heteroatoms. The zero-order valence-electron chi connectivity index (χ0n) is 20.1. The molecule has 0 heterocycles. The fourth-order valence-electron chi connectivity index (χ4n) is 3.88. The van der Waals surface area contributed by atoms with Gasteiger partial charge in [-0.25, -0.2) is 0 Å². The first-order valence-electron chi connectivity index (χ1n) is 12.7. The molecule has 1 nitrogen and oxygen atoms in total. The van der Waals surface area contributed by atoms with E-state index in [0.717, 1.165) is 18.5 Å². The number of hydrogen-bond acceptors (Lipinski definition) is 2. The zero-order chi connectivity index (χ0) is 22.1. The average molecular weight is 484 g/mol. The van der Waals surface area contributed by atoms with Crippen LogP contribution in [0.15, 0.2) is 0 Å². The van der Waals surface area contributed by atoms with E-state index in [1.54, 1.807) is 0 Å². The molecule has 176 valence electrons. The highest BCUT2D eigenvalue weighted by Gasteiger charge is 2.20. The molecule has 0 spiro atoms. The summed E-state index contributed by atoms with van der Waals surface area (Å²) < 4.78 is 13.5. The van der Waals surface area contributed by atoms with Gasteiger partial charge in [0.2, 0.25) is 6.56 Å². The first kappa shape index (κ1) is 32.3. The van der Waals surface area contributed by atoms with Gasteiger partial charge < -0.3 is 4.57 Å². The molecule has 0 aromatic carbocycles. The molecule has 0 saturated heterocycles. The summed E-state index contributed by atoms with van der Waals surface area (Å²) >= 11 is 7.92. The van der Waals surface area contributed by atoms with Gasteiger partial charge in [-0.2, -0.15) is 0 Å². The van der Waals surface area contributed by atoms with Crippen molar-refractivity contribution in [2.45, 2.75) is 136 Å². The summed E-state index contributed by atoms with van der Waals surface area (Å²) in [7, 11) is -1.89. The molecule has 0 amide bonds. The van der Waals surface area contributed by atoms with Gasteiger partial charge in [0.25, 0.3) is 0 Å². The van der Waals surface area contributed by atoms with Gasteiger partial charge in [-0.05, 0) is 19.3 Å². The Hall–Kier alpha value is 1.10. The molecule has 1 atom stereocenters. The fraction of sp³-hybridized carbons (Fsp3) is 1.00. The Morgan fingerprint density at radius 1 is 0.552 bits per heavy atom. The van der Waals surface area contributed by atoms with Crippen LogP contribution >= 0.6 is 25.9 Å².